The number of aromatic nitrogens is 2. The quantitative estimate of drug-likeness (QED) is 0.611. The topological polar surface area (TPSA) is 82.3 Å². The van der Waals surface area contributed by atoms with Gasteiger partial charge in [-0.2, -0.15) is 4.98 Å². The second-order valence-corrected chi connectivity index (χ2v) is 4.82. The second kappa shape index (κ2) is 7.30. The van der Waals surface area contributed by atoms with Crippen LogP contribution in [0.25, 0.3) is 0 Å². The van der Waals surface area contributed by atoms with Crippen molar-refractivity contribution in [3.05, 3.63) is 40.4 Å². The van der Waals surface area contributed by atoms with Crippen molar-refractivity contribution in [2.24, 2.45) is 5.84 Å². The minimum absolute atomic E-state index is 0.229. The van der Waals surface area contributed by atoms with Gasteiger partial charge in [-0.05, 0) is 35.0 Å². The molecule has 2 aromatic rings. The van der Waals surface area contributed by atoms with Crippen LogP contribution in [-0.4, -0.2) is 16.6 Å². The first kappa shape index (κ1) is 15.6. The van der Waals surface area contributed by atoms with E-state index in [2.05, 4.69) is 31.3 Å². The molecule has 112 valence electrons. The zero-order valence-corrected chi connectivity index (χ0v) is 12.9. The summed E-state index contributed by atoms with van der Waals surface area (Å²) in [5, 5.41) is 0. The van der Waals surface area contributed by atoms with Crippen LogP contribution in [0.3, 0.4) is 0 Å². The summed E-state index contributed by atoms with van der Waals surface area (Å²) in [6, 6.07) is 5.64. The fourth-order valence-electron chi connectivity index (χ4n) is 1.52. The number of hydrogen-bond donors (Lipinski definition) is 2. The van der Waals surface area contributed by atoms with E-state index in [4.69, 9.17) is 15.3 Å². The van der Waals surface area contributed by atoms with Crippen LogP contribution < -0.4 is 16.0 Å². The third kappa shape index (κ3) is 4.35. The first-order valence-electron chi connectivity index (χ1n) is 6.17. The van der Waals surface area contributed by atoms with Crippen molar-refractivity contribution in [1.29, 1.82) is 0 Å². The number of halogens is 2. The molecule has 0 atom stereocenters. The molecule has 0 fully saturated rings. The van der Waals surface area contributed by atoms with Gasteiger partial charge in [-0.1, -0.05) is 0 Å². The van der Waals surface area contributed by atoms with Gasteiger partial charge in [0.25, 0.3) is 0 Å². The Hall–Kier alpha value is -1.77. The highest BCUT2D eigenvalue weighted by Crippen LogP contribution is 2.30. The fraction of sp³-hybridized carbons (Fsp3) is 0.231. The number of nitrogens with two attached hydrogens (primary N) is 1. The number of rotatable bonds is 6. The summed E-state index contributed by atoms with van der Waals surface area (Å²) < 4.78 is 24.7. The molecule has 0 radical (unpaired) electrons. The second-order valence-electron chi connectivity index (χ2n) is 3.97. The van der Waals surface area contributed by atoms with E-state index in [1.54, 1.807) is 6.07 Å². The van der Waals surface area contributed by atoms with Crippen molar-refractivity contribution in [1.82, 2.24) is 9.97 Å². The van der Waals surface area contributed by atoms with E-state index < -0.39 is 5.82 Å². The van der Waals surface area contributed by atoms with Crippen molar-refractivity contribution < 1.29 is 13.9 Å². The summed E-state index contributed by atoms with van der Waals surface area (Å²) in [7, 11) is 0. The molecule has 1 heterocycles. The SMILES string of the molecule is CCOCc1nc(NN)cc(Oc2cc(F)ccc2Br)n1. The van der Waals surface area contributed by atoms with E-state index in [0.29, 0.717) is 28.5 Å². The van der Waals surface area contributed by atoms with E-state index in [-0.39, 0.29) is 12.5 Å². The molecule has 0 saturated carbocycles. The minimum atomic E-state index is -0.408. The number of benzene rings is 1. The van der Waals surface area contributed by atoms with E-state index in [9.17, 15) is 4.39 Å². The van der Waals surface area contributed by atoms with E-state index >= 15 is 0 Å². The van der Waals surface area contributed by atoms with Gasteiger partial charge in [0.1, 0.15) is 24.0 Å². The van der Waals surface area contributed by atoms with Gasteiger partial charge in [-0.25, -0.2) is 15.2 Å². The lowest BCUT2D eigenvalue weighted by molar-refractivity contribution is 0.128. The van der Waals surface area contributed by atoms with Crippen LogP contribution in [0.1, 0.15) is 12.7 Å². The summed E-state index contributed by atoms with van der Waals surface area (Å²) in [4.78, 5) is 8.32. The van der Waals surface area contributed by atoms with Crippen LogP contribution in [0.5, 0.6) is 11.6 Å². The lowest BCUT2D eigenvalue weighted by atomic mass is 10.3. The fourth-order valence-corrected chi connectivity index (χ4v) is 1.85. The van der Waals surface area contributed by atoms with Crippen molar-refractivity contribution >= 4 is 21.7 Å². The summed E-state index contributed by atoms with van der Waals surface area (Å²) in [6.07, 6.45) is 0. The monoisotopic (exact) mass is 356 g/mol. The van der Waals surface area contributed by atoms with E-state index in [0.717, 1.165) is 0 Å². The molecule has 6 nitrogen and oxygen atoms in total. The maximum atomic E-state index is 13.3. The van der Waals surface area contributed by atoms with E-state index in [1.807, 2.05) is 6.92 Å². The van der Waals surface area contributed by atoms with Crippen LogP contribution >= 0.6 is 15.9 Å². The van der Waals surface area contributed by atoms with Crippen LogP contribution in [0.2, 0.25) is 0 Å². The molecule has 21 heavy (non-hydrogen) atoms. The molecular weight excluding hydrogens is 343 g/mol. The normalized spacial score (nSPS) is 10.5. The standard InChI is InChI=1S/C13H14BrFN4O2/c1-2-20-7-12-17-11(19-16)6-13(18-12)21-10-5-8(15)3-4-9(10)14/h3-6H,2,7,16H2,1H3,(H,17,18,19). The Bertz CT molecular complexity index is 627. The molecule has 0 aliphatic carbocycles. The number of hydrazine groups is 1. The number of ether oxygens (including phenoxy) is 2. The third-order valence-electron chi connectivity index (χ3n) is 2.44. The lowest BCUT2D eigenvalue weighted by Crippen LogP contribution is -2.11. The predicted molar refractivity (Wildman–Crippen MR) is 79.3 cm³/mol. The first-order chi connectivity index (χ1) is 10.1. The third-order valence-corrected chi connectivity index (χ3v) is 3.10. The van der Waals surface area contributed by atoms with Crippen LogP contribution in [0.15, 0.2) is 28.7 Å². The average Bonchev–Trinajstić information content (AvgIpc) is 2.48. The first-order valence-corrected chi connectivity index (χ1v) is 6.97. The highest BCUT2D eigenvalue weighted by molar-refractivity contribution is 9.10. The molecule has 0 saturated heterocycles. The smallest absolute Gasteiger partial charge is 0.224 e. The van der Waals surface area contributed by atoms with Crippen molar-refractivity contribution in [2.75, 3.05) is 12.0 Å². The van der Waals surface area contributed by atoms with Gasteiger partial charge in [0.2, 0.25) is 5.88 Å². The molecule has 1 aromatic heterocycles. The molecule has 0 aliphatic rings. The largest absolute Gasteiger partial charge is 0.438 e. The van der Waals surface area contributed by atoms with Crippen LogP contribution in [-0.2, 0) is 11.3 Å². The maximum absolute atomic E-state index is 13.3. The van der Waals surface area contributed by atoms with Gasteiger partial charge in [-0.3, -0.25) is 0 Å². The van der Waals surface area contributed by atoms with Gasteiger partial charge in [0, 0.05) is 18.7 Å². The Morgan fingerprint density at radius 1 is 1.33 bits per heavy atom. The number of hydrogen-bond acceptors (Lipinski definition) is 6. The molecule has 1 aromatic carbocycles. The Balaban J connectivity index is 2.27. The molecule has 0 unspecified atom stereocenters. The molecule has 0 spiro atoms. The lowest BCUT2D eigenvalue weighted by Gasteiger charge is -2.10. The van der Waals surface area contributed by atoms with Crippen molar-refractivity contribution in [2.45, 2.75) is 13.5 Å². The van der Waals surface area contributed by atoms with E-state index in [1.165, 1.54) is 18.2 Å². The molecule has 2 rings (SSSR count). The Kier molecular flexibility index (Phi) is 5.43. The number of nitrogens with zero attached hydrogens (tertiary/aromatic N) is 2. The summed E-state index contributed by atoms with van der Waals surface area (Å²) >= 11 is 3.28. The summed E-state index contributed by atoms with van der Waals surface area (Å²) in [5.41, 5.74) is 2.42. The number of anilines is 1. The maximum Gasteiger partial charge on any atom is 0.224 e. The predicted octanol–water partition coefficient (Wildman–Crippen LogP) is 2.99. The molecule has 3 N–H and O–H groups in total. The van der Waals surface area contributed by atoms with Gasteiger partial charge in [-0.15, -0.1) is 0 Å². The van der Waals surface area contributed by atoms with Gasteiger partial charge >= 0.3 is 0 Å². The Labute approximate surface area is 129 Å². The molecule has 8 heteroatoms. The number of nitrogen functional groups attached to an aromatic ring is 1. The highest BCUT2D eigenvalue weighted by Gasteiger charge is 2.09. The summed E-state index contributed by atoms with van der Waals surface area (Å²) in [6.45, 7) is 2.63. The number of nitrogens with one attached hydrogen (secondary N) is 1. The Morgan fingerprint density at radius 2 is 2.14 bits per heavy atom. The minimum Gasteiger partial charge on any atom is -0.438 e. The van der Waals surface area contributed by atoms with Crippen molar-refractivity contribution in [3.8, 4) is 11.6 Å². The van der Waals surface area contributed by atoms with Gasteiger partial charge < -0.3 is 14.9 Å². The zero-order valence-electron chi connectivity index (χ0n) is 11.3. The molecular formula is C13H14BrFN4O2. The van der Waals surface area contributed by atoms with Gasteiger partial charge in [0.15, 0.2) is 5.82 Å². The average molecular weight is 357 g/mol. The van der Waals surface area contributed by atoms with Crippen LogP contribution in [0.4, 0.5) is 10.2 Å². The highest BCUT2D eigenvalue weighted by atomic mass is 79.9. The summed E-state index contributed by atoms with van der Waals surface area (Å²) in [5.74, 6) is 6.28. The molecule has 0 bridgehead atoms. The zero-order chi connectivity index (χ0) is 15.2. The molecule has 0 aliphatic heterocycles. The van der Waals surface area contributed by atoms with Crippen LogP contribution in [0, 0.1) is 5.82 Å². The molecule has 0 amide bonds. The van der Waals surface area contributed by atoms with Crippen molar-refractivity contribution in [3.63, 3.8) is 0 Å². The van der Waals surface area contributed by atoms with Gasteiger partial charge in [0.05, 0.1) is 4.47 Å². The Morgan fingerprint density at radius 3 is 2.86 bits per heavy atom.